The predicted molar refractivity (Wildman–Crippen MR) is 99.3 cm³/mol. The Hall–Kier alpha value is -3.07. The van der Waals surface area contributed by atoms with Crippen molar-refractivity contribution in [2.45, 2.75) is 0 Å². The van der Waals surface area contributed by atoms with Crippen molar-refractivity contribution in [3.63, 3.8) is 0 Å². The number of aromatic carboxylic acids is 1. The van der Waals surface area contributed by atoms with Crippen LogP contribution < -0.4 is 10.2 Å². The number of H-pyrrole nitrogens is 1. The molecule has 0 bridgehead atoms. The van der Waals surface area contributed by atoms with Gasteiger partial charge in [0.25, 0.3) is 0 Å². The number of hydrogen-bond donors (Lipinski definition) is 3. The number of aryl methyl sites for hydroxylation is 1. The minimum Gasteiger partial charge on any atom is -0.478 e. The molecule has 1 aliphatic heterocycles. The fourth-order valence-corrected chi connectivity index (χ4v) is 3.18. The van der Waals surface area contributed by atoms with Crippen LogP contribution in [-0.2, 0) is 7.05 Å². The number of likely N-dealkylation sites (N-methyl/N-ethyl adjacent to an activating group) is 1. The molecule has 0 unspecified atom stereocenters. The van der Waals surface area contributed by atoms with E-state index in [0.717, 1.165) is 31.7 Å². The highest BCUT2D eigenvalue weighted by atomic mass is 16.4. The lowest BCUT2D eigenvalue weighted by Crippen LogP contribution is -2.45. The standard InChI is InChI=1S/C17H21N7O2/c1-22-5-7-24(8-6-22)14-10-13-12(9-11(14)15(25)26)19-16(20-13)21-17-18-3-4-23(17)2/h3-4,9-10H,5-8H2,1-2H3,(H,25,26)(H2,18,19,20,21). The summed E-state index contributed by atoms with van der Waals surface area (Å²) >= 11 is 0. The lowest BCUT2D eigenvalue weighted by atomic mass is 10.1. The summed E-state index contributed by atoms with van der Waals surface area (Å²) in [6.45, 7) is 3.41. The van der Waals surface area contributed by atoms with Crippen LogP contribution in [0.25, 0.3) is 11.0 Å². The lowest BCUT2D eigenvalue weighted by molar-refractivity contribution is 0.0697. The maximum absolute atomic E-state index is 11.8. The molecule has 26 heavy (non-hydrogen) atoms. The van der Waals surface area contributed by atoms with E-state index < -0.39 is 5.97 Å². The van der Waals surface area contributed by atoms with E-state index in [2.05, 4.69) is 37.1 Å². The van der Waals surface area contributed by atoms with Gasteiger partial charge in [0.1, 0.15) is 0 Å². The maximum Gasteiger partial charge on any atom is 0.337 e. The number of imidazole rings is 2. The van der Waals surface area contributed by atoms with Crippen LogP contribution in [0.3, 0.4) is 0 Å². The molecular formula is C17H21N7O2. The van der Waals surface area contributed by atoms with Gasteiger partial charge in [-0.15, -0.1) is 0 Å². The molecule has 0 saturated carbocycles. The van der Waals surface area contributed by atoms with Gasteiger partial charge in [-0.05, 0) is 19.2 Å². The third kappa shape index (κ3) is 2.97. The highest BCUT2D eigenvalue weighted by Crippen LogP contribution is 2.28. The van der Waals surface area contributed by atoms with Gasteiger partial charge >= 0.3 is 5.97 Å². The van der Waals surface area contributed by atoms with E-state index in [4.69, 9.17) is 0 Å². The normalized spacial score (nSPS) is 15.5. The minimum absolute atomic E-state index is 0.286. The van der Waals surface area contributed by atoms with Gasteiger partial charge < -0.3 is 24.5 Å². The van der Waals surface area contributed by atoms with Gasteiger partial charge in [0.2, 0.25) is 11.9 Å². The average Bonchev–Trinajstić information content (AvgIpc) is 3.20. The average molecular weight is 355 g/mol. The zero-order valence-corrected chi connectivity index (χ0v) is 14.7. The second-order valence-corrected chi connectivity index (χ2v) is 6.55. The number of anilines is 3. The molecule has 9 nitrogen and oxygen atoms in total. The van der Waals surface area contributed by atoms with E-state index in [1.54, 1.807) is 12.3 Å². The number of benzene rings is 1. The number of carbonyl (C=O) groups is 1. The molecule has 0 atom stereocenters. The van der Waals surface area contributed by atoms with Crippen LogP contribution in [0.15, 0.2) is 24.5 Å². The Labute approximate surface area is 150 Å². The second kappa shape index (κ2) is 6.34. The number of hydrogen-bond acceptors (Lipinski definition) is 6. The molecule has 0 spiro atoms. The van der Waals surface area contributed by atoms with Crippen molar-refractivity contribution in [1.29, 1.82) is 0 Å². The van der Waals surface area contributed by atoms with E-state index in [1.807, 2.05) is 23.9 Å². The number of aromatic nitrogens is 4. The number of nitrogens with zero attached hydrogens (tertiary/aromatic N) is 5. The van der Waals surface area contributed by atoms with E-state index in [0.29, 0.717) is 23.1 Å². The van der Waals surface area contributed by atoms with Gasteiger partial charge in [-0.2, -0.15) is 0 Å². The van der Waals surface area contributed by atoms with Crippen LogP contribution in [0.2, 0.25) is 0 Å². The molecule has 1 aliphatic rings. The van der Waals surface area contributed by atoms with Crippen LogP contribution >= 0.6 is 0 Å². The molecule has 136 valence electrons. The summed E-state index contributed by atoms with van der Waals surface area (Å²) in [7, 11) is 3.95. The van der Waals surface area contributed by atoms with Crippen molar-refractivity contribution in [3.8, 4) is 0 Å². The molecule has 0 amide bonds. The summed E-state index contributed by atoms with van der Waals surface area (Å²) in [5.41, 5.74) is 2.40. The summed E-state index contributed by atoms with van der Waals surface area (Å²) in [5, 5.41) is 12.8. The van der Waals surface area contributed by atoms with Crippen molar-refractivity contribution in [1.82, 2.24) is 24.4 Å². The van der Waals surface area contributed by atoms with Crippen molar-refractivity contribution < 1.29 is 9.90 Å². The summed E-state index contributed by atoms with van der Waals surface area (Å²) < 4.78 is 1.84. The number of fused-ring (bicyclic) bond motifs is 1. The van der Waals surface area contributed by atoms with Crippen LogP contribution in [-0.4, -0.2) is 68.7 Å². The van der Waals surface area contributed by atoms with Crippen molar-refractivity contribution in [2.75, 3.05) is 43.4 Å². The van der Waals surface area contributed by atoms with Gasteiger partial charge in [-0.3, -0.25) is 5.32 Å². The SMILES string of the molecule is CN1CCN(c2cc3nc(Nc4nccn4C)[nH]c3cc2C(=O)O)CC1. The van der Waals surface area contributed by atoms with E-state index in [-0.39, 0.29) is 5.56 Å². The molecule has 1 aromatic carbocycles. The van der Waals surface area contributed by atoms with Crippen molar-refractivity contribution in [3.05, 3.63) is 30.1 Å². The molecule has 4 rings (SSSR count). The number of rotatable bonds is 4. The summed E-state index contributed by atoms with van der Waals surface area (Å²) in [6, 6.07) is 3.51. The first kappa shape index (κ1) is 16.4. The number of nitrogens with one attached hydrogen (secondary N) is 2. The fourth-order valence-electron chi connectivity index (χ4n) is 3.18. The van der Waals surface area contributed by atoms with E-state index in [9.17, 15) is 9.90 Å². The lowest BCUT2D eigenvalue weighted by Gasteiger charge is -2.34. The Bertz CT molecular complexity index is 953. The smallest absolute Gasteiger partial charge is 0.337 e. The Balaban J connectivity index is 1.71. The topological polar surface area (TPSA) is 102 Å². The third-order valence-corrected chi connectivity index (χ3v) is 4.73. The molecule has 2 aromatic heterocycles. The summed E-state index contributed by atoms with van der Waals surface area (Å²) in [4.78, 5) is 28.0. The molecule has 1 saturated heterocycles. The molecule has 1 fully saturated rings. The highest BCUT2D eigenvalue weighted by Gasteiger charge is 2.22. The first-order chi connectivity index (χ1) is 12.5. The molecule has 0 aliphatic carbocycles. The van der Waals surface area contributed by atoms with Gasteiger partial charge in [-0.1, -0.05) is 0 Å². The van der Waals surface area contributed by atoms with E-state index in [1.165, 1.54) is 0 Å². The molecular weight excluding hydrogens is 334 g/mol. The van der Waals surface area contributed by atoms with Crippen molar-refractivity contribution >= 4 is 34.6 Å². The van der Waals surface area contributed by atoms with Crippen LogP contribution in [0, 0.1) is 0 Å². The summed E-state index contributed by atoms with van der Waals surface area (Å²) in [6.07, 6.45) is 3.53. The molecule has 3 aromatic rings. The number of aromatic amines is 1. The molecule has 0 radical (unpaired) electrons. The number of carboxylic acid groups (broad SMARTS) is 1. The van der Waals surface area contributed by atoms with Crippen LogP contribution in [0.5, 0.6) is 0 Å². The van der Waals surface area contributed by atoms with Gasteiger partial charge in [0, 0.05) is 45.6 Å². The maximum atomic E-state index is 11.8. The predicted octanol–water partition coefficient (Wildman–Crippen LogP) is 1.49. The van der Waals surface area contributed by atoms with E-state index >= 15 is 0 Å². The zero-order chi connectivity index (χ0) is 18.3. The Kier molecular flexibility index (Phi) is 4.00. The molecule has 9 heteroatoms. The molecule has 3 heterocycles. The van der Waals surface area contributed by atoms with Gasteiger partial charge in [-0.25, -0.2) is 14.8 Å². The fraction of sp³-hybridized carbons (Fsp3) is 0.353. The van der Waals surface area contributed by atoms with Crippen LogP contribution in [0.1, 0.15) is 10.4 Å². The first-order valence-electron chi connectivity index (χ1n) is 8.46. The minimum atomic E-state index is -0.936. The summed E-state index contributed by atoms with van der Waals surface area (Å²) in [5.74, 6) is 0.247. The van der Waals surface area contributed by atoms with Crippen molar-refractivity contribution in [2.24, 2.45) is 7.05 Å². The third-order valence-electron chi connectivity index (χ3n) is 4.73. The Morgan fingerprint density at radius 3 is 2.65 bits per heavy atom. The number of carboxylic acids is 1. The number of piperazine rings is 1. The monoisotopic (exact) mass is 355 g/mol. The zero-order valence-electron chi connectivity index (χ0n) is 14.7. The Morgan fingerprint density at radius 2 is 2.00 bits per heavy atom. The van der Waals surface area contributed by atoms with Gasteiger partial charge in [0.05, 0.1) is 22.3 Å². The quantitative estimate of drug-likeness (QED) is 0.651. The Morgan fingerprint density at radius 1 is 1.23 bits per heavy atom. The first-order valence-corrected chi connectivity index (χ1v) is 8.46. The molecule has 3 N–H and O–H groups in total. The largest absolute Gasteiger partial charge is 0.478 e. The van der Waals surface area contributed by atoms with Gasteiger partial charge in [0.15, 0.2) is 0 Å². The highest BCUT2D eigenvalue weighted by molar-refractivity contribution is 6.00. The van der Waals surface area contributed by atoms with Crippen LogP contribution in [0.4, 0.5) is 17.6 Å². The second-order valence-electron chi connectivity index (χ2n) is 6.55.